The van der Waals surface area contributed by atoms with Crippen LogP contribution < -0.4 is 4.72 Å². The molecule has 0 saturated carbocycles. The van der Waals surface area contributed by atoms with Gasteiger partial charge in [0, 0.05) is 11.1 Å². The molecule has 5 heteroatoms. The van der Waals surface area contributed by atoms with Gasteiger partial charge in [-0.2, -0.15) is 0 Å². The maximum atomic E-state index is 13.6. The highest BCUT2D eigenvalue weighted by atomic mass is 32.2. The number of anilines is 1. The van der Waals surface area contributed by atoms with Crippen LogP contribution in [0.2, 0.25) is 0 Å². The number of nitrogens with one attached hydrogen (secondary N) is 1. The van der Waals surface area contributed by atoms with E-state index in [1.807, 2.05) is 0 Å². The van der Waals surface area contributed by atoms with Gasteiger partial charge in [0.25, 0.3) is 10.0 Å². The van der Waals surface area contributed by atoms with E-state index in [0.717, 1.165) is 0 Å². The highest BCUT2D eigenvalue weighted by molar-refractivity contribution is 7.93. The van der Waals surface area contributed by atoms with Gasteiger partial charge in [-0.05, 0) is 12.1 Å². The molecule has 0 aliphatic carbocycles. The summed E-state index contributed by atoms with van der Waals surface area (Å²) >= 11 is 0. The fourth-order valence-electron chi connectivity index (χ4n) is 1.97. The number of sulfonamides is 1. The average molecular weight is 249 g/mol. The van der Waals surface area contributed by atoms with E-state index < -0.39 is 15.8 Å². The van der Waals surface area contributed by atoms with Crippen LogP contribution in [-0.4, -0.2) is 8.42 Å². The van der Waals surface area contributed by atoms with Crippen molar-refractivity contribution in [3.63, 3.8) is 0 Å². The highest BCUT2D eigenvalue weighted by Crippen LogP contribution is 2.39. The smallest absolute Gasteiger partial charge is 0.262 e. The van der Waals surface area contributed by atoms with Gasteiger partial charge in [0.15, 0.2) is 0 Å². The van der Waals surface area contributed by atoms with Crippen molar-refractivity contribution in [2.24, 2.45) is 0 Å². The monoisotopic (exact) mass is 249 g/mol. The Kier molecular flexibility index (Phi) is 2.00. The number of hydrogen-bond acceptors (Lipinski definition) is 2. The first-order valence-corrected chi connectivity index (χ1v) is 6.49. The van der Waals surface area contributed by atoms with E-state index >= 15 is 0 Å². The average Bonchev–Trinajstić information content (AvgIpc) is 2.31. The Balaban J connectivity index is 2.44. The van der Waals surface area contributed by atoms with Crippen LogP contribution in [0.3, 0.4) is 0 Å². The van der Waals surface area contributed by atoms with Crippen molar-refractivity contribution in [2.45, 2.75) is 4.90 Å². The van der Waals surface area contributed by atoms with Crippen LogP contribution in [0, 0.1) is 5.82 Å². The standard InChI is InChI=1S/C12H8FNO2S/c13-10-6-3-5-9-8-4-1-2-7-11(8)17(15,16)14-12(9)10/h1-7,14H. The molecule has 86 valence electrons. The van der Waals surface area contributed by atoms with Gasteiger partial charge in [0.05, 0.1) is 10.6 Å². The van der Waals surface area contributed by atoms with Crippen molar-refractivity contribution >= 4 is 15.7 Å². The van der Waals surface area contributed by atoms with Crippen LogP contribution >= 0.6 is 0 Å². The van der Waals surface area contributed by atoms with Gasteiger partial charge in [0.1, 0.15) is 5.82 Å². The van der Waals surface area contributed by atoms with Crippen LogP contribution in [0.1, 0.15) is 0 Å². The summed E-state index contributed by atoms with van der Waals surface area (Å²) in [4.78, 5) is 0.179. The third-order valence-electron chi connectivity index (χ3n) is 2.72. The van der Waals surface area contributed by atoms with Crippen LogP contribution in [0.25, 0.3) is 11.1 Å². The zero-order valence-electron chi connectivity index (χ0n) is 8.64. The molecular weight excluding hydrogens is 241 g/mol. The van der Waals surface area contributed by atoms with E-state index in [1.54, 1.807) is 30.3 Å². The molecular formula is C12H8FNO2S. The summed E-state index contributed by atoms with van der Waals surface area (Å²) in [7, 11) is -3.67. The molecule has 0 fully saturated rings. The summed E-state index contributed by atoms with van der Waals surface area (Å²) < 4.78 is 39.7. The Morgan fingerprint density at radius 1 is 0.941 bits per heavy atom. The van der Waals surface area contributed by atoms with Crippen LogP contribution in [-0.2, 0) is 10.0 Å². The molecule has 2 aromatic rings. The van der Waals surface area contributed by atoms with Crippen molar-refractivity contribution in [3.8, 4) is 11.1 Å². The quantitative estimate of drug-likeness (QED) is 0.780. The molecule has 0 atom stereocenters. The second kappa shape index (κ2) is 3.30. The first-order chi connectivity index (χ1) is 8.09. The van der Waals surface area contributed by atoms with E-state index in [-0.39, 0.29) is 10.6 Å². The predicted molar refractivity (Wildman–Crippen MR) is 62.6 cm³/mol. The van der Waals surface area contributed by atoms with Gasteiger partial charge in [-0.25, -0.2) is 12.8 Å². The fourth-order valence-corrected chi connectivity index (χ4v) is 3.28. The second-order valence-corrected chi connectivity index (χ2v) is 5.41. The third kappa shape index (κ3) is 1.43. The molecule has 3 rings (SSSR count). The first-order valence-electron chi connectivity index (χ1n) is 5.00. The third-order valence-corrected chi connectivity index (χ3v) is 4.12. The highest BCUT2D eigenvalue weighted by Gasteiger charge is 2.28. The zero-order chi connectivity index (χ0) is 12.0. The molecule has 1 N–H and O–H groups in total. The van der Waals surface area contributed by atoms with Gasteiger partial charge in [-0.15, -0.1) is 0 Å². The van der Waals surface area contributed by atoms with Gasteiger partial charge in [0.2, 0.25) is 0 Å². The minimum Gasteiger partial charge on any atom is -0.276 e. The molecule has 1 aliphatic rings. The van der Waals surface area contributed by atoms with Crippen molar-refractivity contribution in [1.29, 1.82) is 0 Å². The predicted octanol–water partition coefficient (Wildman–Crippen LogP) is 2.61. The van der Waals surface area contributed by atoms with Gasteiger partial charge in [-0.1, -0.05) is 30.3 Å². The summed E-state index contributed by atoms with van der Waals surface area (Å²) in [5.74, 6) is -0.569. The molecule has 0 aromatic heterocycles. The molecule has 0 radical (unpaired) electrons. The molecule has 17 heavy (non-hydrogen) atoms. The summed E-state index contributed by atoms with van der Waals surface area (Å²) in [5.41, 5.74) is 1.11. The van der Waals surface area contributed by atoms with E-state index in [4.69, 9.17) is 0 Å². The zero-order valence-corrected chi connectivity index (χ0v) is 9.46. The van der Waals surface area contributed by atoms with Crippen LogP contribution in [0.4, 0.5) is 10.1 Å². The number of hydrogen-bond donors (Lipinski definition) is 1. The lowest BCUT2D eigenvalue weighted by Crippen LogP contribution is -2.19. The maximum Gasteiger partial charge on any atom is 0.262 e. The molecule has 3 nitrogen and oxygen atoms in total. The largest absolute Gasteiger partial charge is 0.276 e. The number of halogens is 1. The molecule has 2 aromatic carbocycles. The van der Waals surface area contributed by atoms with E-state index in [1.165, 1.54) is 12.1 Å². The van der Waals surface area contributed by atoms with E-state index in [9.17, 15) is 12.8 Å². The molecule has 0 saturated heterocycles. The van der Waals surface area contributed by atoms with Gasteiger partial charge < -0.3 is 0 Å². The Hall–Kier alpha value is -1.88. The number of benzene rings is 2. The minimum atomic E-state index is -3.67. The molecule has 1 heterocycles. The normalized spacial score (nSPS) is 15.6. The van der Waals surface area contributed by atoms with Crippen molar-refractivity contribution in [2.75, 3.05) is 4.72 Å². The molecule has 0 spiro atoms. The lowest BCUT2D eigenvalue weighted by atomic mass is 10.0. The topological polar surface area (TPSA) is 46.2 Å². The molecule has 1 aliphatic heterocycles. The molecule has 0 unspecified atom stereocenters. The lowest BCUT2D eigenvalue weighted by molar-refractivity contribution is 0.597. The maximum absolute atomic E-state index is 13.6. The second-order valence-electron chi connectivity index (χ2n) is 3.76. The van der Waals surface area contributed by atoms with Gasteiger partial charge in [-0.3, -0.25) is 4.72 Å². The van der Waals surface area contributed by atoms with Crippen molar-refractivity contribution in [1.82, 2.24) is 0 Å². The Labute approximate surface area is 98.0 Å². The summed E-state index contributed by atoms with van der Waals surface area (Å²) in [6, 6.07) is 11.0. The molecule has 0 amide bonds. The summed E-state index contributed by atoms with van der Waals surface area (Å²) in [6.07, 6.45) is 0. The minimum absolute atomic E-state index is 0.0196. The number of fused-ring (bicyclic) bond motifs is 3. The summed E-state index contributed by atoms with van der Waals surface area (Å²) in [5, 5.41) is 0. The SMILES string of the molecule is O=S1(=O)Nc2c(F)cccc2-c2ccccc21. The Morgan fingerprint density at radius 2 is 1.65 bits per heavy atom. The Bertz CT molecular complexity index is 710. The van der Waals surface area contributed by atoms with E-state index in [2.05, 4.69) is 4.72 Å². The fraction of sp³-hybridized carbons (Fsp3) is 0. The number of rotatable bonds is 0. The van der Waals surface area contributed by atoms with Crippen molar-refractivity contribution < 1.29 is 12.8 Å². The lowest BCUT2D eigenvalue weighted by Gasteiger charge is -2.21. The van der Waals surface area contributed by atoms with Gasteiger partial charge >= 0.3 is 0 Å². The van der Waals surface area contributed by atoms with Crippen LogP contribution in [0.5, 0.6) is 0 Å². The van der Waals surface area contributed by atoms with E-state index in [0.29, 0.717) is 11.1 Å². The summed E-state index contributed by atoms with van der Waals surface area (Å²) in [6.45, 7) is 0. The van der Waals surface area contributed by atoms with Crippen molar-refractivity contribution in [3.05, 3.63) is 48.3 Å². The Morgan fingerprint density at radius 3 is 2.47 bits per heavy atom. The van der Waals surface area contributed by atoms with Crippen LogP contribution in [0.15, 0.2) is 47.4 Å². The number of para-hydroxylation sites is 1. The first kappa shape index (κ1) is 10.3. The molecule has 0 bridgehead atoms.